The zero-order valence-corrected chi connectivity index (χ0v) is 12.5. The summed E-state index contributed by atoms with van der Waals surface area (Å²) in [6.07, 6.45) is 2.41. The number of carbonyl (C=O) groups excluding carboxylic acids is 1. The van der Waals surface area contributed by atoms with Crippen molar-refractivity contribution in [1.29, 1.82) is 0 Å². The molecule has 0 aliphatic carbocycles. The van der Waals surface area contributed by atoms with Crippen molar-refractivity contribution in [2.24, 2.45) is 0 Å². The number of sulfone groups is 1. The average molecular weight is 302 g/mol. The van der Waals surface area contributed by atoms with Crippen LogP contribution in [0.5, 0.6) is 0 Å². The maximum atomic E-state index is 13.7. The van der Waals surface area contributed by atoms with Gasteiger partial charge in [-0.3, -0.25) is 0 Å². The van der Waals surface area contributed by atoms with Crippen LogP contribution >= 0.6 is 0 Å². The lowest BCUT2D eigenvalue weighted by Crippen LogP contribution is -2.10. The Labute approximate surface area is 118 Å². The van der Waals surface area contributed by atoms with E-state index in [2.05, 4.69) is 4.74 Å². The number of rotatable bonds is 7. The van der Waals surface area contributed by atoms with E-state index in [1.165, 1.54) is 12.1 Å². The zero-order chi connectivity index (χ0) is 15.2. The van der Waals surface area contributed by atoms with Gasteiger partial charge in [0.2, 0.25) is 0 Å². The van der Waals surface area contributed by atoms with Crippen LogP contribution in [0.25, 0.3) is 0 Å². The molecule has 0 spiro atoms. The van der Waals surface area contributed by atoms with Gasteiger partial charge < -0.3 is 4.74 Å². The molecule has 0 aliphatic rings. The van der Waals surface area contributed by atoms with Crippen molar-refractivity contribution in [1.82, 2.24) is 0 Å². The van der Waals surface area contributed by atoms with Gasteiger partial charge in [-0.05, 0) is 24.1 Å². The molecular formula is C14H19FO4S. The Bertz CT molecular complexity index is 567. The number of halogens is 1. The van der Waals surface area contributed by atoms with Gasteiger partial charge in [0.05, 0.1) is 24.2 Å². The molecule has 0 heterocycles. The summed E-state index contributed by atoms with van der Waals surface area (Å²) in [5.41, 5.74) is 0.145. The normalized spacial score (nSPS) is 11.3. The van der Waals surface area contributed by atoms with Gasteiger partial charge in [-0.1, -0.05) is 25.8 Å². The number of methoxy groups -OCH3 is 1. The van der Waals surface area contributed by atoms with Crippen molar-refractivity contribution in [3.05, 3.63) is 35.1 Å². The molecule has 1 aromatic carbocycles. The number of ether oxygens (including phenoxy) is 1. The summed E-state index contributed by atoms with van der Waals surface area (Å²) < 4.78 is 41.8. The van der Waals surface area contributed by atoms with Crippen LogP contribution in [0.3, 0.4) is 0 Å². The third-order valence-electron chi connectivity index (χ3n) is 2.88. The van der Waals surface area contributed by atoms with E-state index in [0.29, 0.717) is 12.0 Å². The van der Waals surface area contributed by atoms with Crippen LogP contribution in [0.2, 0.25) is 0 Å². The highest BCUT2D eigenvalue weighted by Crippen LogP contribution is 2.15. The highest BCUT2D eigenvalue weighted by Gasteiger charge is 2.16. The Hall–Kier alpha value is -1.43. The van der Waals surface area contributed by atoms with Crippen LogP contribution < -0.4 is 0 Å². The van der Waals surface area contributed by atoms with Gasteiger partial charge in [-0.2, -0.15) is 0 Å². The number of esters is 1. The summed E-state index contributed by atoms with van der Waals surface area (Å²) in [6.45, 7) is 1.99. The second kappa shape index (κ2) is 7.38. The number of carbonyl (C=O) groups is 1. The smallest absolute Gasteiger partial charge is 0.340 e. The first-order valence-corrected chi connectivity index (χ1v) is 8.29. The Morgan fingerprint density at radius 2 is 2.00 bits per heavy atom. The molecule has 1 rings (SSSR count). The highest BCUT2D eigenvalue weighted by molar-refractivity contribution is 7.90. The maximum Gasteiger partial charge on any atom is 0.340 e. The minimum atomic E-state index is -3.25. The van der Waals surface area contributed by atoms with Gasteiger partial charge >= 0.3 is 5.97 Å². The second-order valence-electron chi connectivity index (χ2n) is 4.60. The van der Waals surface area contributed by atoms with Gasteiger partial charge in [-0.25, -0.2) is 17.6 Å². The van der Waals surface area contributed by atoms with Crippen LogP contribution in [0.4, 0.5) is 4.39 Å². The van der Waals surface area contributed by atoms with Gasteiger partial charge in [0.25, 0.3) is 0 Å². The van der Waals surface area contributed by atoms with Crippen molar-refractivity contribution >= 4 is 15.8 Å². The van der Waals surface area contributed by atoms with Gasteiger partial charge in [0, 0.05) is 0 Å². The van der Waals surface area contributed by atoms with E-state index in [1.54, 1.807) is 0 Å². The van der Waals surface area contributed by atoms with Crippen molar-refractivity contribution in [2.75, 3.05) is 12.9 Å². The summed E-state index contributed by atoms with van der Waals surface area (Å²) in [7, 11) is -2.08. The minimum absolute atomic E-state index is 0.0984. The largest absolute Gasteiger partial charge is 0.465 e. The first-order valence-electron chi connectivity index (χ1n) is 6.46. The number of unbranched alkanes of at least 4 members (excludes halogenated alkanes) is 2. The van der Waals surface area contributed by atoms with Crippen molar-refractivity contribution in [3.8, 4) is 0 Å². The van der Waals surface area contributed by atoms with E-state index < -0.39 is 21.6 Å². The molecule has 0 saturated heterocycles. The van der Waals surface area contributed by atoms with Crippen LogP contribution in [0.15, 0.2) is 18.2 Å². The third kappa shape index (κ3) is 4.92. The summed E-state index contributed by atoms with van der Waals surface area (Å²) in [6, 6.07) is 3.76. The van der Waals surface area contributed by atoms with Crippen molar-refractivity contribution < 1.29 is 22.3 Å². The van der Waals surface area contributed by atoms with Crippen molar-refractivity contribution in [2.45, 2.75) is 31.9 Å². The Morgan fingerprint density at radius 3 is 2.55 bits per heavy atom. The molecule has 4 nitrogen and oxygen atoms in total. The number of hydrogen-bond acceptors (Lipinski definition) is 4. The third-order valence-corrected chi connectivity index (χ3v) is 4.57. The van der Waals surface area contributed by atoms with E-state index in [9.17, 15) is 17.6 Å². The first kappa shape index (κ1) is 16.6. The lowest BCUT2D eigenvalue weighted by molar-refractivity contribution is 0.0595. The molecule has 112 valence electrons. The topological polar surface area (TPSA) is 60.4 Å². The van der Waals surface area contributed by atoms with Crippen LogP contribution in [-0.4, -0.2) is 27.2 Å². The van der Waals surface area contributed by atoms with Gasteiger partial charge in [0.15, 0.2) is 9.84 Å². The first-order chi connectivity index (χ1) is 9.39. The molecular weight excluding hydrogens is 283 g/mol. The predicted octanol–water partition coefficient (Wildman–Crippen LogP) is 2.72. The molecule has 1 aromatic rings. The number of hydrogen-bond donors (Lipinski definition) is 0. The summed E-state index contributed by atoms with van der Waals surface area (Å²) in [5, 5.41) is 0. The van der Waals surface area contributed by atoms with Crippen LogP contribution in [0.1, 0.15) is 42.1 Å². The van der Waals surface area contributed by atoms with E-state index in [4.69, 9.17) is 0 Å². The summed E-state index contributed by atoms with van der Waals surface area (Å²) in [5.74, 6) is -1.66. The molecule has 0 radical (unpaired) electrons. The molecule has 0 atom stereocenters. The highest BCUT2D eigenvalue weighted by atomic mass is 32.2. The monoisotopic (exact) mass is 302 g/mol. The van der Waals surface area contributed by atoms with Crippen LogP contribution in [0, 0.1) is 5.82 Å². The maximum absolute atomic E-state index is 13.7. The predicted molar refractivity (Wildman–Crippen MR) is 74.8 cm³/mol. The molecule has 0 aromatic heterocycles. The standard InChI is InChI=1S/C14H19FO4S/c1-3-4-5-8-20(17,18)10-11-6-7-12(13(15)9-11)14(16)19-2/h6-7,9H,3-5,8,10H2,1-2H3. The average Bonchev–Trinajstić information content (AvgIpc) is 2.37. The summed E-state index contributed by atoms with van der Waals surface area (Å²) in [4.78, 5) is 11.2. The minimum Gasteiger partial charge on any atom is -0.465 e. The quantitative estimate of drug-likeness (QED) is 0.574. The van der Waals surface area contributed by atoms with Gasteiger partial charge in [0.1, 0.15) is 5.82 Å². The van der Waals surface area contributed by atoms with Crippen LogP contribution in [-0.2, 0) is 20.3 Å². The molecule has 0 aliphatic heterocycles. The summed E-state index contributed by atoms with van der Waals surface area (Å²) >= 11 is 0. The van der Waals surface area contributed by atoms with E-state index in [1.807, 2.05) is 6.92 Å². The molecule has 0 amide bonds. The molecule has 0 saturated carbocycles. The fraction of sp³-hybridized carbons (Fsp3) is 0.500. The molecule has 6 heteroatoms. The lowest BCUT2D eigenvalue weighted by atomic mass is 10.1. The van der Waals surface area contributed by atoms with Crippen molar-refractivity contribution in [3.63, 3.8) is 0 Å². The Balaban J connectivity index is 2.79. The zero-order valence-electron chi connectivity index (χ0n) is 11.7. The molecule has 0 bridgehead atoms. The fourth-order valence-electron chi connectivity index (χ4n) is 1.82. The van der Waals surface area contributed by atoms with E-state index in [0.717, 1.165) is 26.0 Å². The second-order valence-corrected chi connectivity index (χ2v) is 6.79. The van der Waals surface area contributed by atoms with E-state index in [-0.39, 0.29) is 17.1 Å². The SMILES string of the molecule is CCCCCS(=O)(=O)Cc1ccc(C(=O)OC)c(F)c1. The lowest BCUT2D eigenvalue weighted by Gasteiger charge is -2.06. The Kier molecular flexibility index (Phi) is 6.13. The molecule has 0 unspecified atom stereocenters. The molecule has 0 N–H and O–H groups in total. The molecule has 0 fully saturated rings. The molecule has 20 heavy (non-hydrogen) atoms. The Morgan fingerprint density at radius 1 is 1.30 bits per heavy atom. The fourth-order valence-corrected chi connectivity index (χ4v) is 3.30. The number of benzene rings is 1. The van der Waals surface area contributed by atoms with E-state index >= 15 is 0 Å². The van der Waals surface area contributed by atoms with Gasteiger partial charge in [-0.15, -0.1) is 0 Å².